The van der Waals surface area contributed by atoms with E-state index < -0.39 is 0 Å². The Labute approximate surface area is 40.1 Å². The maximum Gasteiger partial charge on any atom is 0.263 e. The van der Waals surface area contributed by atoms with Crippen LogP contribution in [-0.4, -0.2) is 5.91 Å². The summed E-state index contributed by atoms with van der Waals surface area (Å²) in [6.45, 7) is 0. The van der Waals surface area contributed by atoms with E-state index in [0.29, 0.717) is 0 Å². The predicted molar refractivity (Wildman–Crippen MR) is 21.5 cm³/mol. The van der Waals surface area contributed by atoms with E-state index in [2.05, 4.69) is 15.9 Å². The minimum absolute atomic E-state index is 0.203. The highest BCUT2D eigenvalue weighted by molar-refractivity contribution is 5.87. The molecule has 0 radical (unpaired) electrons. The molecule has 4 heteroatoms. The van der Waals surface area contributed by atoms with Gasteiger partial charge < -0.3 is 4.84 Å². The smallest absolute Gasteiger partial charge is 0.263 e. The molecule has 0 saturated carbocycles. The van der Waals surface area contributed by atoms with Gasteiger partial charge in [0.25, 0.3) is 5.91 Å². The molecule has 38 valence electrons. The quantitative estimate of drug-likeness (QED) is 0.413. The Balaban J connectivity index is 2.51. The maximum absolute atomic E-state index is 10.1. The third-order valence-electron chi connectivity index (χ3n) is 0.521. The fourth-order valence-electron chi connectivity index (χ4n) is 0.251. The number of carbonyl (C=O) groups is 1. The summed E-state index contributed by atoms with van der Waals surface area (Å²) in [6.07, 6.45) is 2.54. The third-order valence-corrected chi connectivity index (χ3v) is 0.521. The molecule has 0 saturated heterocycles. The first kappa shape index (κ1) is 4.14. The molecule has 0 spiro atoms. The Bertz CT molecular complexity index is 110. The number of nitrogens with one attached hydrogen (secondary N) is 2. The summed E-state index contributed by atoms with van der Waals surface area (Å²) in [5, 5.41) is 0. The van der Waals surface area contributed by atoms with E-state index in [1.807, 2.05) is 0 Å². The van der Waals surface area contributed by atoms with E-state index in [-0.39, 0.29) is 5.91 Å². The lowest BCUT2D eigenvalue weighted by molar-refractivity contribution is -0.122. The van der Waals surface area contributed by atoms with Crippen LogP contribution in [0.5, 0.6) is 0 Å². The van der Waals surface area contributed by atoms with Crippen LogP contribution in [0.2, 0.25) is 0 Å². The van der Waals surface area contributed by atoms with Crippen LogP contribution in [0.3, 0.4) is 0 Å². The molecule has 1 heterocycles. The number of carbonyl (C=O) groups excluding carboxylic acids is 1. The second-order valence-electron chi connectivity index (χ2n) is 1.01. The van der Waals surface area contributed by atoms with Crippen LogP contribution in [0.25, 0.3) is 0 Å². The van der Waals surface area contributed by atoms with Crippen molar-refractivity contribution in [3.05, 3.63) is 12.3 Å². The van der Waals surface area contributed by atoms with Gasteiger partial charge in [0.05, 0.1) is 0 Å². The Hall–Kier alpha value is -1.03. The number of amides is 1. The average Bonchev–Trinajstić information content (AvgIpc) is 1.69. The van der Waals surface area contributed by atoms with E-state index in [4.69, 9.17) is 0 Å². The molecule has 7 heavy (non-hydrogen) atoms. The second kappa shape index (κ2) is 1.61. The lowest BCUT2D eigenvalue weighted by atomic mass is 10.6. The van der Waals surface area contributed by atoms with Gasteiger partial charge >= 0.3 is 0 Å². The highest BCUT2D eigenvalue weighted by Crippen LogP contribution is 1.76. The van der Waals surface area contributed by atoms with E-state index in [9.17, 15) is 4.79 Å². The van der Waals surface area contributed by atoms with Crippen molar-refractivity contribution in [3.8, 4) is 0 Å². The molecule has 1 rings (SSSR count). The average molecular weight is 100 g/mol. The Morgan fingerprint density at radius 3 is 2.86 bits per heavy atom. The SMILES string of the molecule is O=C1C=CONN1. The molecule has 4 nitrogen and oxygen atoms in total. The van der Waals surface area contributed by atoms with Crippen molar-refractivity contribution < 1.29 is 9.63 Å². The van der Waals surface area contributed by atoms with Gasteiger partial charge in [-0.1, -0.05) is 5.59 Å². The fraction of sp³-hybridized carbons (Fsp3) is 0. The zero-order valence-electron chi connectivity index (χ0n) is 3.47. The normalized spacial score (nSPS) is 18.0. The highest BCUT2D eigenvalue weighted by Gasteiger charge is 1.95. The van der Waals surface area contributed by atoms with Crippen molar-refractivity contribution >= 4 is 5.91 Å². The number of hydrogen-bond donors (Lipinski definition) is 2. The van der Waals surface area contributed by atoms with Gasteiger partial charge in [-0.25, -0.2) is 0 Å². The lowest BCUT2D eigenvalue weighted by Gasteiger charge is -2.05. The van der Waals surface area contributed by atoms with Crippen molar-refractivity contribution in [3.63, 3.8) is 0 Å². The third kappa shape index (κ3) is 0.902. The van der Waals surface area contributed by atoms with Crippen LogP contribution in [0.4, 0.5) is 0 Å². The van der Waals surface area contributed by atoms with E-state index >= 15 is 0 Å². The molecule has 0 bridgehead atoms. The molecule has 0 aliphatic carbocycles. The molecule has 0 aromatic heterocycles. The summed E-state index contributed by atoms with van der Waals surface area (Å²) in [5.74, 6) is -0.203. The zero-order valence-corrected chi connectivity index (χ0v) is 3.47. The Morgan fingerprint density at radius 2 is 2.57 bits per heavy atom. The summed E-state index contributed by atoms with van der Waals surface area (Å²) in [4.78, 5) is 14.5. The largest absolute Gasteiger partial charge is 0.397 e. The summed E-state index contributed by atoms with van der Waals surface area (Å²) < 4.78 is 0. The standard InChI is InChI=1S/C3H4N2O2/c6-3-1-2-7-5-4-3/h1-2,5H,(H,4,6). The van der Waals surface area contributed by atoms with Crippen LogP contribution in [0, 0.1) is 0 Å². The maximum atomic E-state index is 10.1. The monoisotopic (exact) mass is 100 g/mol. The van der Waals surface area contributed by atoms with Gasteiger partial charge in [0.2, 0.25) is 0 Å². The number of hydrogen-bond acceptors (Lipinski definition) is 3. The zero-order chi connectivity index (χ0) is 5.11. The summed E-state index contributed by atoms with van der Waals surface area (Å²) in [7, 11) is 0. The number of hydrazine groups is 1. The van der Waals surface area contributed by atoms with Gasteiger partial charge in [-0.05, 0) is 0 Å². The predicted octanol–water partition coefficient (Wildman–Crippen LogP) is -0.934. The van der Waals surface area contributed by atoms with Gasteiger partial charge in [-0.15, -0.1) is 0 Å². The molecular weight excluding hydrogens is 96.0 g/mol. The van der Waals surface area contributed by atoms with Gasteiger partial charge in [-0.2, -0.15) is 0 Å². The molecule has 0 fully saturated rings. The minimum Gasteiger partial charge on any atom is -0.397 e. The van der Waals surface area contributed by atoms with Crippen molar-refractivity contribution in [2.24, 2.45) is 0 Å². The molecule has 0 aromatic rings. The molecular formula is C3H4N2O2. The molecule has 2 N–H and O–H groups in total. The van der Waals surface area contributed by atoms with E-state index in [1.165, 1.54) is 12.3 Å². The molecule has 0 unspecified atom stereocenters. The Morgan fingerprint density at radius 1 is 1.71 bits per heavy atom. The molecule has 1 aliphatic rings. The first-order chi connectivity index (χ1) is 3.39. The lowest BCUT2D eigenvalue weighted by Crippen LogP contribution is -2.37. The van der Waals surface area contributed by atoms with Crippen LogP contribution in [0.15, 0.2) is 12.3 Å². The van der Waals surface area contributed by atoms with Crippen LogP contribution in [-0.2, 0) is 9.63 Å². The molecule has 0 aromatic carbocycles. The molecule has 1 aliphatic heterocycles. The van der Waals surface area contributed by atoms with Crippen molar-refractivity contribution in [2.45, 2.75) is 0 Å². The molecule has 1 amide bonds. The van der Waals surface area contributed by atoms with Crippen LogP contribution < -0.4 is 11.0 Å². The van der Waals surface area contributed by atoms with Gasteiger partial charge in [0, 0.05) is 6.08 Å². The topological polar surface area (TPSA) is 50.4 Å². The van der Waals surface area contributed by atoms with Crippen molar-refractivity contribution in [1.82, 2.24) is 11.0 Å². The Kier molecular flexibility index (Phi) is 0.953. The summed E-state index contributed by atoms with van der Waals surface area (Å²) in [5.41, 5.74) is 4.33. The highest BCUT2D eigenvalue weighted by atomic mass is 16.7. The second-order valence-corrected chi connectivity index (χ2v) is 1.01. The van der Waals surface area contributed by atoms with Crippen molar-refractivity contribution in [2.75, 3.05) is 0 Å². The van der Waals surface area contributed by atoms with Gasteiger partial charge in [-0.3, -0.25) is 10.2 Å². The van der Waals surface area contributed by atoms with Crippen LogP contribution in [0.1, 0.15) is 0 Å². The van der Waals surface area contributed by atoms with Gasteiger partial charge in [0.1, 0.15) is 6.26 Å². The fourth-order valence-corrected chi connectivity index (χ4v) is 0.251. The van der Waals surface area contributed by atoms with E-state index in [1.54, 1.807) is 0 Å². The van der Waals surface area contributed by atoms with E-state index in [0.717, 1.165) is 0 Å². The summed E-state index contributed by atoms with van der Waals surface area (Å²) in [6, 6.07) is 0. The first-order valence-electron chi connectivity index (χ1n) is 1.77. The summed E-state index contributed by atoms with van der Waals surface area (Å²) >= 11 is 0. The van der Waals surface area contributed by atoms with Crippen LogP contribution >= 0.6 is 0 Å². The first-order valence-corrected chi connectivity index (χ1v) is 1.77. The van der Waals surface area contributed by atoms with Gasteiger partial charge in [0.15, 0.2) is 0 Å². The molecule has 0 atom stereocenters. The van der Waals surface area contributed by atoms with Crippen molar-refractivity contribution in [1.29, 1.82) is 0 Å². The number of rotatable bonds is 0. The minimum atomic E-state index is -0.203.